The van der Waals surface area contributed by atoms with Crippen molar-refractivity contribution in [2.75, 3.05) is 18.0 Å². The van der Waals surface area contributed by atoms with E-state index < -0.39 is 6.10 Å². The van der Waals surface area contributed by atoms with Gasteiger partial charge in [-0.2, -0.15) is 5.26 Å². The summed E-state index contributed by atoms with van der Waals surface area (Å²) in [6.45, 7) is 5.53. The van der Waals surface area contributed by atoms with Crippen molar-refractivity contribution < 1.29 is 5.11 Å². The molecule has 92 valence electrons. The Morgan fingerprint density at radius 3 is 2.71 bits per heavy atom. The summed E-state index contributed by atoms with van der Waals surface area (Å²) in [4.78, 5) is 6.35. The Balaban J connectivity index is 2.74. The average Bonchev–Trinajstić information content (AvgIpc) is 2.39. The predicted octanol–water partition coefficient (Wildman–Crippen LogP) is 2.26. The van der Waals surface area contributed by atoms with Crippen LogP contribution in [0, 0.1) is 11.3 Å². The Kier molecular flexibility index (Phi) is 5.44. The summed E-state index contributed by atoms with van der Waals surface area (Å²) in [5, 5.41) is 18.2. The second-order valence-corrected chi connectivity index (χ2v) is 3.85. The minimum Gasteiger partial charge on any atom is -0.387 e. The summed E-state index contributed by atoms with van der Waals surface area (Å²) in [5.74, 6) is 0. The van der Waals surface area contributed by atoms with Gasteiger partial charge in [0.1, 0.15) is 0 Å². The number of aliphatic hydroxyl groups excluding tert-OH is 1. The van der Waals surface area contributed by atoms with E-state index in [4.69, 9.17) is 5.26 Å². The van der Waals surface area contributed by atoms with Crippen LogP contribution in [0.2, 0.25) is 0 Å². The predicted molar refractivity (Wildman–Crippen MR) is 67.6 cm³/mol. The van der Waals surface area contributed by atoms with Gasteiger partial charge >= 0.3 is 0 Å². The molecular weight excluding hydrogens is 214 g/mol. The number of hydrogen-bond acceptors (Lipinski definition) is 4. The normalized spacial score (nSPS) is 11.9. The Hall–Kier alpha value is -1.60. The lowest BCUT2D eigenvalue weighted by atomic mass is 10.2. The Morgan fingerprint density at radius 1 is 1.47 bits per heavy atom. The molecule has 4 heteroatoms. The topological polar surface area (TPSA) is 60.1 Å². The van der Waals surface area contributed by atoms with Gasteiger partial charge in [0.2, 0.25) is 0 Å². The Morgan fingerprint density at radius 2 is 2.24 bits per heavy atom. The highest BCUT2D eigenvalue weighted by molar-refractivity contribution is 5.44. The molecule has 1 aromatic rings. The summed E-state index contributed by atoms with van der Waals surface area (Å²) in [6.07, 6.45) is 2.44. The Bertz CT molecular complexity index is 369. The zero-order valence-corrected chi connectivity index (χ0v) is 10.4. The molecule has 0 unspecified atom stereocenters. The number of pyridine rings is 1. The molecule has 0 bridgehead atoms. The maximum absolute atomic E-state index is 9.64. The van der Waals surface area contributed by atoms with Gasteiger partial charge in [-0.1, -0.05) is 6.92 Å². The lowest BCUT2D eigenvalue weighted by Gasteiger charge is -2.21. The van der Waals surface area contributed by atoms with E-state index in [1.807, 2.05) is 26.0 Å². The fourth-order valence-corrected chi connectivity index (χ4v) is 1.65. The van der Waals surface area contributed by atoms with Crippen LogP contribution in [0.1, 0.15) is 38.5 Å². The monoisotopic (exact) mass is 233 g/mol. The Labute approximate surface area is 103 Å². The maximum Gasteiger partial charge on any atom is 0.0957 e. The van der Waals surface area contributed by atoms with Gasteiger partial charge in [0.25, 0.3) is 0 Å². The third kappa shape index (κ3) is 3.72. The summed E-state index contributed by atoms with van der Waals surface area (Å²) in [7, 11) is 0. The smallest absolute Gasteiger partial charge is 0.0957 e. The van der Waals surface area contributed by atoms with Gasteiger partial charge < -0.3 is 10.0 Å². The largest absolute Gasteiger partial charge is 0.387 e. The fourth-order valence-electron chi connectivity index (χ4n) is 1.65. The van der Waals surface area contributed by atoms with Crippen LogP contribution in [0.25, 0.3) is 0 Å². The van der Waals surface area contributed by atoms with E-state index in [1.54, 1.807) is 6.20 Å². The van der Waals surface area contributed by atoms with Crippen molar-refractivity contribution in [3.05, 3.63) is 24.0 Å². The van der Waals surface area contributed by atoms with Gasteiger partial charge in [0, 0.05) is 13.1 Å². The lowest BCUT2D eigenvalue weighted by molar-refractivity contribution is 0.169. The molecule has 0 saturated carbocycles. The average molecular weight is 233 g/mol. The van der Waals surface area contributed by atoms with Gasteiger partial charge in [0.05, 0.1) is 36.2 Å². The molecule has 0 aliphatic carbocycles. The summed E-state index contributed by atoms with van der Waals surface area (Å²) in [5.41, 5.74) is 1.70. The van der Waals surface area contributed by atoms with Crippen LogP contribution in [0.4, 0.5) is 5.69 Å². The van der Waals surface area contributed by atoms with Gasteiger partial charge in [-0.05, 0) is 25.5 Å². The second kappa shape index (κ2) is 6.87. The molecule has 1 atom stereocenters. The van der Waals surface area contributed by atoms with Crippen molar-refractivity contribution in [1.82, 2.24) is 4.98 Å². The van der Waals surface area contributed by atoms with E-state index >= 15 is 0 Å². The van der Waals surface area contributed by atoms with Crippen molar-refractivity contribution >= 4 is 5.69 Å². The molecule has 0 aliphatic rings. The van der Waals surface area contributed by atoms with Crippen LogP contribution >= 0.6 is 0 Å². The number of rotatable bonds is 6. The SMILES string of the molecule is CC[C@H](O)c1ccc(N(CC)CCC#N)cn1. The molecule has 0 saturated heterocycles. The zero-order valence-electron chi connectivity index (χ0n) is 10.4. The molecule has 0 aromatic carbocycles. The van der Waals surface area contributed by atoms with Crippen LogP contribution in [-0.2, 0) is 0 Å². The van der Waals surface area contributed by atoms with Crippen molar-refractivity contribution in [1.29, 1.82) is 5.26 Å². The number of hydrogen-bond donors (Lipinski definition) is 1. The molecule has 1 aromatic heterocycles. The lowest BCUT2D eigenvalue weighted by Crippen LogP contribution is -2.23. The van der Waals surface area contributed by atoms with Gasteiger partial charge in [-0.25, -0.2) is 0 Å². The van der Waals surface area contributed by atoms with E-state index in [-0.39, 0.29) is 0 Å². The van der Waals surface area contributed by atoms with Crippen LogP contribution in [0.5, 0.6) is 0 Å². The molecule has 0 fully saturated rings. The fraction of sp³-hybridized carbons (Fsp3) is 0.538. The molecule has 4 nitrogen and oxygen atoms in total. The molecule has 1 rings (SSSR count). The maximum atomic E-state index is 9.64. The van der Waals surface area contributed by atoms with Crippen molar-refractivity contribution in [2.45, 2.75) is 32.8 Å². The number of aliphatic hydroxyl groups is 1. The number of aromatic nitrogens is 1. The summed E-state index contributed by atoms with van der Waals surface area (Å²) >= 11 is 0. The third-order valence-electron chi connectivity index (χ3n) is 2.74. The van der Waals surface area contributed by atoms with Crippen LogP contribution < -0.4 is 4.90 Å². The van der Waals surface area contributed by atoms with Crippen molar-refractivity contribution in [3.8, 4) is 6.07 Å². The highest BCUT2D eigenvalue weighted by atomic mass is 16.3. The first-order valence-corrected chi connectivity index (χ1v) is 5.98. The highest BCUT2D eigenvalue weighted by Gasteiger charge is 2.08. The molecular formula is C13H19N3O. The van der Waals surface area contributed by atoms with Crippen LogP contribution in [-0.4, -0.2) is 23.2 Å². The molecule has 0 radical (unpaired) electrons. The van der Waals surface area contributed by atoms with Crippen LogP contribution in [0.15, 0.2) is 18.3 Å². The highest BCUT2D eigenvalue weighted by Crippen LogP contribution is 2.18. The second-order valence-electron chi connectivity index (χ2n) is 3.85. The molecule has 17 heavy (non-hydrogen) atoms. The van der Waals surface area contributed by atoms with Gasteiger partial charge in [-0.15, -0.1) is 0 Å². The first-order valence-electron chi connectivity index (χ1n) is 5.98. The van der Waals surface area contributed by atoms with E-state index in [1.165, 1.54) is 0 Å². The first kappa shape index (κ1) is 13.5. The standard InChI is InChI=1S/C13H19N3O/c1-3-13(17)12-7-6-11(10-15-12)16(4-2)9-5-8-14/h6-7,10,13,17H,3-5,9H2,1-2H3/t13-/m0/s1. The summed E-state index contributed by atoms with van der Waals surface area (Å²) < 4.78 is 0. The third-order valence-corrected chi connectivity index (χ3v) is 2.74. The first-order chi connectivity index (χ1) is 8.22. The summed E-state index contributed by atoms with van der Waals surface area (Å²) in [6, 6.07) is 5.93. The van der Waals surface area contributed by atoms with Gasteiger partial charge in [0.15, 0.2) is 0 Å². The van der Waals surface area contributed by atoms with Crippen molar-refractivity contribution in [3.63, 3.8) is 0 Å². The number of anilines is 1. The van der Waals surface area contributed by atoms with Crippen LogP contribution in [0.3, 0.4) is 0 Å². The van der Waals surface area contributed by atoms with Crippen molar-refractivity contribution in [2.24, 2.45) is 0 Å². The minimum absolute atomic E-state index is 0.488. The van der Waals surface area contributed by atoms with E-state index in [0.717, 1.165) is 12.2 Å². The number of nitriles is 1. The quantitative estimate of drug-likeness (QED) is 0.818. The molecule has 1 N–H and O–H groups in total. The van der Waals surface area contributed by atoms with E-state index in [9.17, 15) is 5.11 Å². The zero-order chi connectivity index (χ0) is 12.7. The van der Waals surface area contributed by atoms with Gasteiger partial charge in [-0.3, -0.25) is 4.98 Å². The minimum atomic E-state index is -0.488. The molecule has 0 spiro atoms. The molecule has 0 amide bonds. The number of nitrogens with zero attached hydrogens (tertiary/aromatic N) is 3. The van der Waals surface area contributed by atoms with E-state index in [0.29, 0.717) is 25.1 Å². The van der Waals surface area contributed by atoms with E-state index in [2.05, 4.69) is 16.0 Å². The molecule has 0 aliphatic heterocycles. The molecule has 1 heterocycles.